The van der Waals surface area contributed by atoms with Gasteiger partial charge < -0.3 is 10.6 Å². The first-order chi connectivity index (χ1) is 7.04. The minimum Gasteiger partial charge on any atom is -0.363 e. The van der Waals surface area contributed by atoms with Gasteiger partial charge in [0.1, 0.15) is 0 Å². The molecule has 1 aromatic carbocycles. The van der Waals surface area contributed by atoms with Gasteiger partial charge in [-0.15, -0.1) is 0 Å². The van der Waals surface area contributed by atoms with E-state index < -0.39 is 0 Å². The van der Waals surface area contributed by atoms with E-state index in [0.717, 1.165) is 16.7 Å². The lowest BCUT2D eigenvalue weighted by Gasteiger charge is -2.13. The molecule has 1 rings (SSSR count). The maximum atomic E-state index is 5.14. The molecular formula is C11H15BrN2S. The molecule has 1 aromatic rings. The molecule has 0 fully saturated rings. The second kappa shape index (κ2) is 5.47. The highest BCUT2D eigenvalue weighted by molar-refractivity contribution is 9.10. The van der Waals surface area contributed by atoms with Crippen molar-refractivity contribution in [1.29, 1.82) is 0 Å². The van der Waals surface area contributed by atoms with E-state index in [4.69, 9.17) is 12.2 Å². The molecule has 0 aliphatic carbocycles. The molecule has 0 aromatic heterocycles. The molecule has 82 valence electrons. The van der Waals surface area contributed by atoms with Crippen molar-refractivity contribution < 1.29 is 0 Å². The molecule has 2 nitrogen and oxygen atoms in total. The van der Waals surface area contributed by atoms with Gasteiger partial charge in [0.2, 0.25) is 0 Å². The molecule has 0 aliphatic heterocycles. The summed E-state index contributed by atoms with van der Waals surface area (Å²) >= 11 is 8.67. The zero-order valence-electron chi connectivity index (χ0n) is 9.15. The monoisotopic (exact) mass is 286 g/mol. The Labute approximate surface area is 105 Å². The van der Waals surface area contributed by atoms with Crippen molar-refractivity contribution in [3.63, 3.8) is 0 Å². The second-order valence-corrected chi connectivity index (χ2v) is 4.69. The molecule has 0 aliphatic rings. The van der Waals surface area contributed by atoms with Crippen LogP contribution in [-0.2, 0) is 0 Å². The van der Waals surface area contributed by atoms with E-state index in [1.165, 1.54) is 11.1 Å². The molecule has 0 spiro atoms. The highest BCUT2D eigenvalue weighted by Gasteiger charge is 2.05. The predicted octanol–water partition coefficient (Wildman–Crippen LogP) is 3.37. The minimum absolute atomic E-state index is 0.658. The number of hydrogen-bond acceptors (Lipinski definition) is 1. The van der Waals surface area contributed by atoms with Gasteiger partial charge in [-0.2, -0.15) is 0 Å². The molecule has 0 saturated heterocycles. The van der Waals surface area contributed by atoms with Gasteiger partial charge in [0.15, 0.2) is 5.11 Å². The highest BCUT2D eigenvalue weighted by Crippen LogP contribution is 2.27. The number of aryl methyl sites for hydroxylation is 2. The van der Waals surface area contributed by atoms with Crippen LogP contribution in [0.3, 0.4) is 0 Å². The van der Waals surface area contributed by atoms with E-state index in [9.17, 15) is 0 Å². The van der Waals surface area contributed by atoms with Gasteiger partial charge in [-0.1, -0.05) is 6.07 Å². The summed E-state index contributed by atoms with van der Waals surface area (Å²) < 4.78 is 1.04. The summed E-state index contributed by atoms with van der Waals surface area (Å²) in [5.74, 6) is 0. The van der Waals surface area contributed by atoms with Crippen LogP contribution in [0, 0.1) is 13.8 Å². The van der Waals surface area contributed by atoms with Crippen molar-refractivity contribution in [2.75, 3.05) is 11.9 Å². The maximum Gasteiger partial charge on any atom is 0.170 e. The molecule has 4 heteroatoms. The fraction of sp³-hybridized carbons (Fsp3) is 0.364. The lowest BCUT2D eigenvalue weighted by Crippen LogP contribution is -2.28. The second-order valence-electron chi connectivity index (χ2n) is 3.42. The van der Waals surface area contributed by atoms with Crippen molar-refractivity contribution in [3.8, 4) is 0 Å². The van der Waals surface area contributed by atoms with Crippen molar-refractivity contribution >= 4 is 38.9 Å². The van der Waals surface area contributed by atoms with Gasteiger partial charge in [0, 0.05) is 11.0 Å². The Morgan fingerprint density at radius 1 is 1.40 bits per heavy atom. The quantitative estimate of drug-likeness (QED) is 0.815. The van der Waals surface area contributed by atoms with Crippen LogP contribution in [0.4, 0.5) is 5.69 Å². The Kier molecular flexibility index (Phi) is 4.54. The van der Waals surface area contributed by atoms with E-state index in [0.29, 0.717) is 5.11 Å². The number of rotatable bonds is 2. The number of thiocarbonyl (C=S) groups is 1. The van der Waals surface area contributed by atoms with Gasteiger partial charge in [-0.05, 0) is 66.1 Å². The Balaban J connectivity index is 2.90. The van der Waals surface area contributed by atoms with Crippen LogP contribution in [-0.4, -0.2) is 11.7 Å². The van der Waals surface area contributed by atoms with Gasteiger partial charge in [0.05, 0.1) is 5.69 Å². The van der Waals surface area contributed by atoms with Crippen molar-refractivity contribution in [3.05, 3.63) is 27.7 Å². The van der Waals surface area contributed by atoms with Gasteiger partial charge in [-0.25, -0.2) is 0 Å². The summed E-state index contributed by atoms with van der Waals surface area (Å²) in [6, 6.07) is 4.20. The molecule has 0 bridgehead atoms. The van der Waals surface area contributed by atoms with E-state index in [1.807, 2.05) is 6.92 Å². The maximum absolute atomic E-state index is 5.14. The van der Waals surface area contributed by atoms with Crippen LogP contribution in [0.1, 0.15) is 18.1 Å². The molecule has 15 heavy (non-hydrogen) atoms. The summed E-state index contributed by atoms with van der Waals surface area (Å²) in [5, 5.41) is 6.90. The van der Waals surface area contributed by atoms with Gasteiger partial charge >= 0.3 is 0 Å². The average molecular weight is 287 g/mol. The van der Waals surface area contributed by atoms with E-state index in [-0.39, 0.29) is 0 Å². The van der Waals surface area contributed by atoms with Crippen LogP contribution < -0.4 is 10.6 Å². The first-order valence-corrected chi connectivity index (χ1v) is 6.06. The van der Waals surface area contributed by atoms with E-state index in [2.05, 4.69) is 52.5 Å². The third-order valence-electron chi connectivity index (χ3n) is 2.01. The normalized spacial score (nSPS) is 9.87. The average Bonchev–Trinajstić information content (AvgIpc) is 2.11. The minimum atomic E-state index is 0.658. The van der Waals surface area contributed by atoms with Crippen molar-refractivity contribution in [1.82, 2.24) is 5.32 Å². The van der Waals surface area contributed by atoms with Crippen molar-refractivity contribution in [2.24, 2.45) is 0 Å². The van der Waals surface area contributed by atoms with Crippen LogP contribution in [0.2, 0.25) is 0 Å². The molecule has 0 radical (unpaired) electrons. The molecule has 0 amide bonds. The number of benzene rings is 1. The molecular weight excluding hydrogens is 272 g/mol. The highest BCUT2D eigenvalue weighted by atomic mass is 79.9. The Morgan fingerprint density at radius 3 is 2.60 bits per heavy atom. The summed E-state index contributed by atoms with van der Waals surface area (Å²) in [7, 11) is 0. The fourth-order valence-corrected chi connectivity index (χ4v) is 2.41. The van der Waals surface area contributed by atoms with Crippen LogP contribution in [0.5, 0.6) is 0 Å². The first-order valence-electron chi connectivity index (χ1n) is 4.86. The van der Waals surface area contributed by atoms with E-state index in [1.54, 1.807) is 0 Å². The SMILES string of the molecule is CCNC(=S)Nc1c(C)cc(C)cc1Br. The van der Waals surface area contributed by atoms with Gasteiger partial charge in [-0.3, -0.25) is 0 Å². The molecule has 0 saturated carbocycles. The number of anilines is 1. The third kappa shape index (κ3) is 3.47. The smallest absolute Gasteiger partial charge is 0.170 e. The topological polar surface area (TPSA) is 24.1 Å². The molecule has 0 atom stereocenters. The predicted molar refractivity (Wildman–Crippen MR) is 73.5 cm³/mol. The Hall–Kier alpha value is -0.610. The van der Waals surface area contributed by atoms with Crippen LogP contribution in [0.25, 0.3) is 0 Å². The molecule has 2 N–H and O–H groups in total. The van der Waals surface area contributed by atoms with Crippen LogP contribution >= 0.6 is 28.1 Å². The largest absolute Gasteiger partial charge is 0.363 e. The lowest BCUT2D eigenvalue weighted by atomic mass is 10.1. The molecule has 0 heterocycles. The van der Waals surface area contributed by atoms with Gasteiger partial charge in [0.25, 0.3) is 0 Å². The summed E-state index contributed by atoms with van der Waals surface area (Å²) in [5.41, 5.74) is 3.45. The number of halogens is 1. The zero-order valence-corrected chi connectivity index (χ0v) is 11.6. The fourth-order valence-electron chi connectivity index (χ4n) is 1.39. The van der Waals surface area contributed by atoms with Crippen LogP contribution in [0.15, 0.2) is 16.6 Å². The van der Waals surface area contributed by atoms with Crippen molar-refractivity contribution in [2.45, 2.75) is 20.8 Å². The Bertz CT molecular complexity index is 354. The number of nitrogens with one attached hydrogen (secondary N) is 2. The summed E-state index contributed by atoms with van der Waals surface area (Å²) in [6.07, 6.45) is 0. The first kappa shape index (κ1) is 12.5. The Morgan fingerprint density at radius 2 is 2.07 bits per heavy atom. The summed E-state index contributed by atoms with van der Waals surface area (Å²) in [6.45, 7) is 6.98. The standard InChI is InChI=1S/C11H15BrN2S/c1-4-13-11(15)14-10-8(3)5-7(2)6-9(10)12/h5-6H,4H2,1-3H3,(H2,13,14,15). The zero-order chi connectivity index (χ0) is 11.4. The lowest BCUT2D eigenvalue weighted by molar-refractivity contribution is 0.979. The van der Waals surface area contributed by atoms with E-state index >= 15 is 0 Å². The summed E-state index contributed by atoms with van der Waals surface area (Å²) in [4.78, 5) is 0. The molecule has 0 unspecified atom stereocenters. The number of hydrogen-bond donors (Lipinski definition) is 2. The third-order valence-corrected chi connectivity index (χ3v) is 2.88.